The van der Waals surface area contributed by atoms with Crippen LogP contribution in [-0.4, -0.2) is 4.40 Å². The molecular weight excluding hydrogens is 797 g/mol. The van der Waals surface area contributed by atoms with Crippen molar-refractivity contribution >= 4 is 99.3 Å². The molecule has 0 bridgehead atoms. The number of furan rings is 1. The van der Waals surface area contributed by atoms with Crippen molar-refractivity contribution in [1.29, 1.82) is 0 Å². The molecule has 0 spiro atoms. The van der Waals surface area contributed by atoms with Crippen LogP contribution in [0.1, 0.15) is 35.3 Å². The van der Waals surface area contributed by atoms with Crippen LogP contribution in [0.25, 0.3) is 93.4 Å². The maximum atomic E-state index is 6.22. The Labute approximate surface area is 375 Å². The van der Waals surface area contributed by atoms with Gasteiger partial charge in [0.2, 0.25) is 0 Å². The van der Waals surface area contributed by atoms with E-state index in [1.54, 1.807) is 0 Å². The fraction of sp³-hybridized carbons (Fsp3) is 0.0667. The SMILES string of the molecule is C=CC(=CC=Cc1ccc2c(c1)oc1ccccc12)N(C1=CC=C(C2=Cc3c(sc4ccccc34)CC2)CC1)c1ccc(-c2cc3c4ccccc4n4c5ccccc5c(c2)c34)cc1. The third-order valence-electron chi connectivity index (χ3n) is 13.6. The summed E-state index contributed by atoms with van der Waals surface area (Å²) in [6.07, 6.45) is 19.7. The minimum Gasteiger partial charge on any atom is -0.456 e. The Morgan fingerprint density at radius 1 is 0.594 bits per heavy atom. The average molecular weight is 839 g/mol. The number of allylic oxidation sites excluding steroid dienone is 8. The van der Waals surface area contributed by atoms with Crippen LogP contribution in [0.2, 0.25) is 0 Å². The molecule has 0 saturated heterocycles. The van der Waals surface area contributed by atoms with Gasteiger partial charge < -0.3 is 13.7 Å². The van der Waals surface area contributed by atoms with Gasteiger partial charge in [-0.1, -0.05) is 116 Å². The van der Waals surface area contributed by atoms with E-state index in [-0.39, 0.29) is 0 Å². The molecule has 4 aromatic heterocycles. The maximum absolute atomic E-state index is 6.22. The molecule has 2 aliphatic rings. The molecule has 0 saturated carbocycles. The quantitative estimate of drug-likeness (QED) is 0.142. The number of hydrogen-bond donors (Lipinski definition) is 0. The summed E-state index contributed by atoms with van der Waals surface area (Å²) >= 11 is 1.95. The number of para-hydroxylation sites is 3. The van der Waals surface area contributed by atoms with E-state index >= 15 is 0 Å². The predicted octanol–water partition coefficient (Wildman–Crippen LogP) is 16.8. The number of anilines is 1. The van der Waals surface area contributed by atoms with Gasteiger partial charge in [0.25, 0.3) is 0 Å². The normalized spacial score (nSPS) is 14.7. The highest BCUT2D eigenvalue weighted by Crippen LogP contribution is 2.44. The largest absolute Gasteiger partial charge is 0.456 e. The molecule has 64 heavy (non-hydrogen) atoms. The fourth-order valence-electron chi connectivity index (χ4n) is 10.5. The molecule has 3 nitrogen and oxygen atoms in total. The molecule has 0 unspecified atom stereocenters. The van der Waals surface area contributed by atoms with Crippen LogP contribution in [0.15, 0.2) is 216 Å². The Morgan fingerprint density at radius 3 is 2.03 bits per heavy atom. The van der Waals surface area contributed by atoms with Gasteiger partial charge in [-0.3, -0.25) is 0 Å². The van der Waals surface area contributed by atoms with Crippen molar-refractivity contribution in [1.82, 2.24) is 4.40 Å². The van der Waals surface area contributed by atoms with Gasteiger partial charge in [0.05, 0.1) is 16.6 Å². The molecule has 304 valence electrons. The van der Waals surface area contributed by atoms with Crippen molar-refractivity contribution < 1.29 is 4.42 Å². The number of benzene rings is 7. The minimum atomic E-state index is 0.896. The maximum Gasteiger partial charge on any atom is 0.136 e. The van der Waals surface area contributed by atoms with Gasteiger partial charge in [-0.25, -0.2) is 0 Å². The Kier molecular flexibility index (Phi) is 8.50. The Bertz CT molecular complexity index is 3780. The van der Waals surface area contributed by atoms with Crippen molar-refractivity contribution in [2.45, 2.75) is 25.7 Å². The van der Waals surface area contributed by atoms with Crippen LogP contribution in [0, 0.1) is 0 Å². The van der Waals surface area contributed by atoms with Crippen molar-refractivity contribution in [3.8, 4) is 11.1 Å². The highest BCUT2D eigenvalue weighted by atomic mass is 32.1. The zero-order chi connectivity index (χ0) is 42.3. The average Bonchev–Trinajstić information content (AvgIpc) is 4.10. The van der Waals surface area contributed by atoms with Gasteiger partial charge in [0.1, 0.15) is 11.2 Å². The summed E-state index contributed by atoms with van der Waals surface area (Å²) in [5, 5.41) is 8.81. The molecule has 4 heteroatoms. The number of aryl methyl sites for hydroxylation is 1. The number of hydrogen-bond acceptors (Lipinski definition) is 3. The highest BCUT2D eigenvalue weighted by molar-refractivity contribution is 7.19. The monoisotopic (exact) mass is 838 g/mol. The molecule has 0 amide bonds. The first-order valence-electron chi connectivity index (χ1n) is 22.3. The first kappa shape index (κ1) is 36.9. The van der Waals surface area contributed by atoms with E-state index in [9.17, 15) is 0 Å². The lowest BCUT2D eigenvalue weighted by molar-refractivity contribution is 0.669. The number of nitrogens with zero attached hydrogens (tertiary/aromatic N) is 2. The van der Waals surface area contributed by atoms with Gasteiger partial charge in [-0.2, -0.15) is 0 Å². The van der Waals surface area contributed by atoms with Gasteiger partial charge in [0.15, 0.2) is 0 Å². The van der Waals surface area contributed by atoms with Gasteiger partial charge in [-0.05, 0) is 149 Å². The molecule has 0 fully saturated rings. The Balaban J connectivity index is 0.886. The minimum absolute atomic E-state index is 0.896. The van der Waals surface area contributed by atoms with Crippen molar-refractivity contribution in [3.63, 3.8) is 0 Å². The third-order valence-corrected chi connectivity index (χ3v) is 14.8. The summed E-state index contributed by atoms with van der Waals surface area (Å²) in [6, 6.07) is 55.0. The van der Waals surface area contributed by atoms with Crippen molar-refractivity contribution in [2.75, 3.05) is 4.90 Å². The van der Waals surface area contributed by atoms with Crippen LogP contribution >= 0.6 is 11.3 Å². The van der Waals surface area contributed by atoms with E-state index in [2.05, 4.69) is 192 Å². The van der Waals surface area contributed by atoms with Crippen LogP contribution in [-0.2, 0) is 6.42 Å². The summed E-state index contributed by atoms with van der Waals surface area (Å²) in [5.41, 5.74) is 16.8. The summed E-state index contributed by atoms with van der Waals surface area (Å²) in [5.74, 6) is 0. The van der Waals surface area contributed by atoms with Gasteiger partial charge in [-0.15, -0.1) is 11.3 Å². The lowest BCUT2D eigenvalue weighted by Gasteiger charge is -2.31. The first-order valence-corrected chi connectivity index (χ1v) is 23.1. The van der Waals surface area contributed by atoms with E-state index in [0.717, 1.165) is 64.6 Å². The third kappa shape index (κ3) is 5.87. The van der Waals surface area contributed by atoms with E-state index in [0.29, 0.717) is 0 Å². The summed E-state index contributed by atoms with van der Waals surface area (Å²) in [4.78, 5) is 3.91. The van der Waals surface area contributed by atoms with Crippen LogP contribution in [0.4, 0.5) is 5.69 Å². The van der Waals surface area contributed by atoms with E-state index in [1.807, 2.05) is 29.5 Å². The Hall–Kier alpha value is -7.66. The molecule has 7 aromatic carbocycles. The lowest BCUT2D eigenvalue weighted by atomic mass is 9.87. The summed E-state index contributed by atoms with van der Waals surface area (Å²) < 4.78 is 10.0. The molecule has 0 atom stereocenters. The molecule has 0 N–H and O–H groups in total. The van der Waals surface area contributed by atoms with Crippen molar-refractivity contribution in [3.05, 3.63) is 227 Å². The zero-order valence-electron chi connectivity index (χ0n) is 35.2. The van der Waals surface area contributed by atoms with E-state index in [4.69, 9.17) is 4.42 Å². The molecule has 4 heterocycles. The predicted molar refractivity (Wildman–Crippen MR) is 274 cm³/mol. The molecule has 13 rings (SSSR count). The van der Waals surface area contributed by atoms with Gasteiger partial charge >= 0.3 is 0 Å². The number of fused-ring (bicyclic) bond motifs is 12. The lowest BCUT2D eigenvalue weighted by Crippen LogP contribution is -2.22. The van der Waals surface area contributed by atoms with Crippen LogP contribution < -0.4 is 4.90 Å². The molecule has 0 radical (unpaired) electrons. The second-order valence-corrected chi connectivity index (χ2v) is 18.3. The number of rotatable bonds is 8. The van der Waals surface area contributed by atoms with Crippen molar-refractivity contribution in [2.24, 2.45) is 0 Å². The standard InChI is InChI=1S/C60H42N2OS/c1-2-43(13-11-12-38-22-32-49-48-16-5-9-20-56(48)63-57(49)34-38)61(44-28-23-39(24-29-44)41-27-33-59-51(35-41)50-17-6-10-21-58(50)64-59)45-30-25-40(26-31-45)42-36-52-46-14-3-7-18-54(46)62-55-19-8-4-15-47(55)53(37-42)60(52)62/h2-23,25-26,28,30-32,34-37H,1,24,27,29,33H2. The van der Waals surface area contributed by atoms with E-state index in [1.165, 1.54) is 86.6 Å². The number of aromatic nitrogens is 1. The number of thiophene rings is 1. The van der Waals surface area contributed by atoms with Crippen LogP contribution in [0.3, 0.4) is 0 Å². The fourth-order valence-corrected chi connectivity index (χ4v) is 11.7. The highest BCUT2D eigenvalue weighted by Gasteiger charge is 2.23. The molecule has 11 aromatic rings. The zero-order valence-corrected chi connectivity index (χ0v) is 36.0. The molecule has 2 aliphatic carbocycles. The molecular formula is C60H42N2OS. The second-order valence-electron chi connectivity index (χ2n) is 17.1. The smallest absolute Gasteiger partial charge is 0.136 e. The van der Waals surface area contributed by atoms with Crippen LogP contribution in [0.5, 0.6) is 0 Å². The Morgan fingerprint density at radius 2 is 1.28 bits per heavy atom. The second kappa shape index (κ2) is 14.7. The van der Waals surface area contributed by atoms with Gasteiger partial charge in [0, 0.05) is 59.0 Å². The topological polar surface area (TPSA) is 20.8 Å². The first-order chi connectivity index (χ1) is 31.7. The summed E-state index contributed by atoms with van der Waals surface area (Å²) in [7, 11) is 0. The molecule has 0 aliphatic heterocycles. The van der Waals surface area contributed by atoms with E-state index < -0.39 is 0 Å². The summed E-state index contributed by atoms with van der Waals surface area (Å²) in [6.45, 7) is 4.37.